The Morgan fingerprint density at radius 1 is 1.67 bits per heavy atom. The second-order valence-corrected chi connectivity index (χ2v) is 3.70. The van der Waals surface area contributed by atoms with Gasteiger partial charge in [-0.1, -0.05) is 0 Å². The van der Waals surface area contributed by atoms with Crippen LogP contribution >= 0.6 is 0 Å². The van der Waals surface area contributed by atoms with Crippen molar-refractivity contribution in [3.63, 3.8) is 0 Å². The van der Waals surface area contributed by atoms with E-state index in [0.717, 1.165) is 31.9 Å². The van der Waals surface area contributed by atoms with E-state index in [1.807, 2.05) is 12.1 Å². The van der Waals surface area contributed by atoms with Crippen molar-refractivity contribution >= 4 is 5.69 Å². The summed E-state index contributed by atoms with van der Waals surface area (Å²) in [4.78, 5) is 4.05. The minimum atomic E-state index is 0.629. The van der Waals surface area contributed by atoms with E-state index in [2.05, 4.69) is 10.3 Å². The van der Waals surface area contributed by atoms with Crippen LogP contribution in [-0.4, -0.2) is 31.9 Å². The highest BCUT2D eigenvalue weighted by Gasteiger charge is 2.14. The van der Waals surface area contributed by atoms with Crippen molar-refractivity contribution in [2.45, 2.75) is 6.42 Å². The van der Waals surface area contributed by atoms with Gasteiger partial charge in [0.15, 0.2) is 0 Å². The van der Waals surface area contributed by atoms with E-state index < -0.39 is 0 Å². The summed E-state index contributed by atoms with van der Waals surface area (Å²) in [5.41, 5.74) is 1.05. The molecule has 1 N–H and O–H groups in total. The lowest BCUT2D eigenvalue weighted by Gasteiger charge is -2.10. The third-order valence-electron chi connectivity index (χ3n) is 2.56. The molecule has 1 aliphatic rings. The monoisotopic (exact) mass is 208 g/mol. The maximum absolute atomic E-state index is 5.31. The number of rotatable bonds is 4. The van der Waals surface area contributed by atoms with Crippen LogP contribution in [0.2, 0.25) is 0 Å². The Bertz CT molecular complexity index is 311. The number of nitrogens with zero attached hydrogens (tertiary/aromatic N) is 1. The number of anilines is 1. The van der Waals surface area contributed by atoms with Crippen LogP contribution in [0, 0.1) is 5.92 Å². The fourth-order valence-electron chi connectivity index (χ4n) is 1.64. The minimum absolute atomic E-state index is 0.629. The number of aromatic nitrogens is 1. The van der Waals surface area contributed by atoms with Crippen molar-refractivity contribution < 1.29 is 9.47 Å². The highest BCUT2D eigenvalue weighted by Crippen LogP contribution is 2.16. The zero-order valence-corrected chi connectivity index (χ0v) is 8.90. The highest BCUT2D eigenvalue weighted by molar-refractivity contribution is 5.44. The van der Waals surface area contributed by atoms with Crippen molar-refractivity contribution in [3.05, 3.63) is 18.3 Å². The van der Waals surface area contributed by atoms with Gasteiger partial charge in [-0.25, -0.2) is 4.98 Å². The molecule has 0 amide bonds. The maximum atomic E-state index is 5.31. The molecule has 1 unspecified atom stereocenters. The second-order valence-electron chi connectivity index (χ2n) is 3.70. The van der Waals surface area contributed by atoms with Crippen LogP contribution in [-0.2, 0) is 4.74 Å². The molecule has 4 nitrogen and oxygen atoms in total. The largest absolute Gasteiger partial charge is 0.481 e. The van der Waals surface area contributed by atoms with Crippen molar-refractivity contribution in [2.24, 2.45) is 5.92 Å². The zero-order valence-electron chi connectivity index (χ0n) is 8.90. The summed E-state index contributed by atoms with van der Waals surface area (Å²) in [5, 5.41) is 3.36. The van der Waals surface area contributed by atoms with Crippen LogP contribution < -0.4 is 10.1 Å². The van der Waals surface area contributed by atoms with Crippen molar-refractivity contribution in [1.82, 2.24) is 4.98 Å². The van der Waals surface area contributed by atoms with Gasteiger partial charge < -0.3 is 14.8 Å². The Morgan fingerprint density at radius 2 is 2.60 bits per heavy atom. The number of methoxy groups -OCH3 is 1. The summed E-state index contributed by atoms with van der Waals surface area (Å²) < 4.78 is 10.4. The molecule has 2 heterocycles. The van der Waals surface area contributed by atoms with Gasteiger partial charge in [0.05, 0.1) is 13.7 Å². The first-order valence-corrected chi connectivity index (χ1v) is 5.20. The van der Waals surface area contributed by atoms with Crippen LogP contribution in [0.5, 0.6) is 5.88 Å². The number of pyridine rings is 1. The van der Waals surface area contributed by atoms with Gasteiger partial charge in [0.1, 0.15) is 0 Å². The van der Waals surface area contributed by atoms with Crippen LogP contribution in [0.4, 0.5) is 5.69 Å². The molecule has 0 spiro atoms. The molecule has 2 rings (SSSR count). The molecule has 1 aromatic heterocycles. The summed E-state index contributed by atoms with van der Waals surface area (Å²) >= 11 is 0. The van der Waals surface area contributed by atoms with Crippen LogP contribution in [0.25, 0.3) is 0 Å². The van der Waals surface area contributed by atoms with E-state index in [-0.39, 0.29) is 0 Å². The molecular formula is C11H16N2O2. The standard InChI is InChI=1S/C11H16N2O2/c1-14-11-6-10(2-4-12-11)13-7-9-3-5-15-8-9/h2,4,6,9H,3,5,7-8H2,1H3,(H,12,13). The Balaban J connectivity index is 1.86. The van der Waals surface area contributed by atoms with Crippen molar-refractivity contribution in [3.8, 4) is 5.88 Å². The predicted molar refractivity (Wildman–Crippen MR) is 58.2 cm³/mol. The molecule has 1 aliphatic heterocycles. The summed E-state index contributed by atoms with van der Waals surface area (Å²) in [7, 11) is 1.62. The van der Waals surface area contributed by atoms with Gasteiger partial charge in [-0.15, -0.1) is 0 Å². The lowest BCUT2D eigenvalue weighted by atomic mass is 10.1. The number of hydrogen-bond acceptors (Lipinski definition) is 4. The van der Waals surface area contributed by atoms with Crippen LogP contribution in [0.3, 0.4) is 0 Å². The van der Waals surface area contributed by atoms with E-state index >= 15 is 0 Å². The molecule has 1 saturated heterocycles. The topological polar surface area (TPSA) is 43.4 Å². The SMILES string of the molecule is COc1cc(NCC2CCOC2)ccn1. The average molecular weight is 208 g/mol. The van der Waals surface area contributed by atoms with Crippen molar-refractivity contribution in [2.75, 3.05) is 32.2 Å². The molecule has 1 fully saturated rings. The van der Waals surface area contributed by atoms with E-state index in [9.17, 15) is 0 Å². The van der Waals surface area contributed by atoms with Gasteiger partial charge in [-0.05, 0) is 12.5 Å². The first kappa shape index (κ1) is 10.2. The van der Waals surface area contributed by atoms with E-state index in [1.165, 1.54) is 0 Å². The second kappa shape index (κ2) is 4.98. The smallest absolute Gasteiger partial charge is 0.214 e. The minimum Gasteiger partial charge on any atom is -0.481 e. The number of ether oxygens (including phenoxy) is 2. The van der Waals surface area contributed by atoms with Crippen molar-refractivity contribution in [1.29, 1.82) is 0 Å². The molecule has 15 heavy (non-hydrogen) atoms. The molecular weight excluding hydrogens is 192 g/mol. The van der Waals surface area contributed by atoms with Gasteiger partial charge in [0, 0.05) is 37.0 Å². The fourth-order valence-corrected chi connectivity index (χ4v) is 1.64. The maximum Gasteiger partial charge on any atom is 0.214 e. The molecule has 0 aromatic carbocycles. The molecule has 4 heteroatoms. The van der Waals surface area contributed by atoms with Gasteiger partial charge in [0.2, 0.25) is 5.88 Å². The highest BCUT2D eigenvalue weighted by atomic mass is 16.5. The lowest BCUT2D eigenvalue weighted by molar-refractivity contribution is 0.187. The van der Waals surface area contributed by atoms with Gasteiger partial charge in [-0.3, -0.25) is 0 Å². The van der Waals surface area contributed by atoms with Gasteiger partial charge in [-0.2, -0.15) is 0 Å². The first-order chi connectivity index (χ1) is 7.38. The summed E-state index contributed by atoms with van der Waals surface area (Å²) in [6, 6.07) is 3.84. The fraction of sp³-hybridized carbons (Fsp3) is 0.545. The van der Waals surface area contributed by atoms with Gasteiger partial charge >= 0.3 is 0 Å². The molecule has 0 aliphatic carbocycles. The third-order valence-corrected chi connectivity index (χ3v) is 2.56. The Hall–Kier alpha value is -1.29. The van der Waals surface area contributed by atoms with E-state index in [1.54, 1.807) is 13.3 Å². The Kier molecular flexibility index (Phi) is 3.40. The zero-order chi connectivity index (χ0) is 10.5. The molecule has 82 valence electrons. The van der Waals surface area contributed by atoms with Crippen LogP contribution in [0.15, 0.2) is 18.3 Å². The van der Waals surface area contributed by atoms with Crippen LogP contribution in [0.1, 0.15) is 6.42 Å². The number of hydrogen-bond donors (Lipinski definition) is 1. The molecule has 0 radical (unpaired) electrons. The Labute approximate surface area is 89.6 Å². The number of nitrogens with one attached hydrogen (secondary N) is 1. The van der Waals surface area contributed by atoms with E-state index in [0.29, 0.717) is 11.8 Å². The molecule has 0 saturated carbocycles. The molecule has 1 atom stereocenters. The first-order valence-electron chi connectivity index (χ1n) is 5.20. The summed E-state index contributed by atoms with van der Waals surface area (Å²) in [5.74, 6) is 1.27. The average Bonchev–Trinajstić information content (AvgIpc) is 2.79. The third kappa shape index (κ3) is 2.83. The van der Waals surface area contributed by atoms with E-state index in [4.69, 9.17) is 9.47 Å². The Morgan fingerprint density at radius 3 is 3.33 bits per heavy atom. The summed E-state index contributed by atoms with van der Waals surface area (Å²) in [6.07, 6.45) is 2.89. The molecule has 1 aromatic rings. The molecule has 0 bridgehead atoms. The lowest BCUT2D eigenvalue weighted by Crippen LogP contribution is -2.14. The predicted octanol–water partition coefficient (Wildman–Crippen LogP) is 1.54. The quantitative estimate of drug-likeness (QED) is 0.815. The van der Waals surface area contributed by atoms with Gasteiger partial charge in [0.25, 0.3) is 0 Å². The normalized spacial score (nSPS) is 20.2. The summed E-state index contributed by atoms with van der Waals surface area (Å²) in [6.45, 7) is 2.72.